The van der Waals surface area contributed by atoms with Crippen LogP contribution in [0.5, 0.6) is 0 Å². The lowest BCUT2D eigenvalue weighted by Crippen LogP contribution is -2.37. The Kier molecular flexibility index (Phi) is 5.33. The van der Waals surface area contributed by atoms with E-state index in [9.17, 15) is 4.79 Å². The Hall–Kier alpha value is -1.42. The summed E-state index contributed by atoms with van der Waals surface area (Å²) in [6.07, 6.45) is 9.58. The standard InChI is InChI=1S/C15H23N3O/c16-14-6-2-1-5-13(14)10-15(19)18-9-7-12-4-3-8-17-11-12/h3-4,8,11,13-14H,1-2,5-7,9-10,16H2,(H,18,19). The minimum absolute atomic E-state index is 0.131. The van der Waals surface area contributed by atoms with Crippen molar-refractivity contribution < 1.29 is 4.79 Å². The van der Waals surface area contributed by atoms with Crippen molar-refractivity contribution in [2.45, 2.75) is 44.6 Å². The number of carbonyl (C=O) groups excluding carboxylic acids is 1. The quantitative estimate of drug-likeness (QED) is 0.847. The van der Waals surface area contributed by atoms with Gasteiger partial charge in [-0.25, -0.2) is 0 Å². The predicted octanol–water partition coefficient (Wildman–Crippen LogP) is 1.65. The van der Waals surface area contributed by atoms with Gasteiger partial charge in [-0.3, -0.25) is 9.78 Å². The second-order valence-corrected chi connectivity index (χ2v) is 5.37. The molecule has 4 nitrogen and oxygen atoms in total. The van der Waals surface area contributed by atoms with Crippen molar-refractivity contribution in [1.82, 2.24) is 10.3 Å². The summed E-state index contributed by atoms with van der Waals surface area (Å²) >= 11 is 0. The fourth-order valence-electron chi connectivity index (χ4n) is 2.69. The number of carbonyl (C=O) groups is 1. The molecular weight excluding hydrogens is 238 g/mol. The molecule has 0 saturated heterocycles. The first-order chi connectivity index (χ1) is 9.25. The minimum atomic E-state index is 0.131. The monoisotopic (exact) mass is 261 g/mol. The maximum atomic E-state index is 11.9. The Bertz CT molecular complexity index is 394. The highest BCUT2D eigenvalue weighted by molar-refractivity contribution is 5.76. The smallest absolute Gasteiger partial charge is 0.220 e. The van der Waals surface area contributed by atoms with Crippen LogP contribution < -0.4 is 11.1 Å². The van der Waals surface area contributed by atoms with Crippen molar-refractivity contribution in [2.24, 2.45) is 11.7 Å². The van der Waals surface area contributed by atoms with Crippen molar-refractivity contribution >= 4 is 5.91 Å². The highest BCUT2D eigenvalue weighted by Crippen LogP contribution is 2.25. The summed E-state index contributed by atoms with van der Waals surface area (Å²) in [5.41, 5.74) is 7.21. The van der Waals surface area contributed by atoms with Crippen LogP contribution in [0.25, 0.3) is 0 Å². The van der Waals surface area contributed by atoms with Gasteiger partial charge in [0.05, 0.1) is 0 Å². The van der Waals surface area contributed by atoms with Crippen LogP contribution >= 0.6 is 0 Å². The molecule has 3 N–H and O–H groups in total. The second kappa shape index (κ2) is 7.24. The van der Waals surface area contributed by atoms with Crippen LogP contribution in [-0.2, 0) is 11.2 Å². The van der Waals surface area contributed by atoms with E-state index in [4.69, 9.17) is 5.73 Å². The molecular formula is C15H23N3O. The number of hydrogen-bond acceptors (Lipinski definition) is 3. The van der Waals surface area contributed by atoms with Gasteiger partial charge >= 0.3 is 0 Å². The van der Waals surface area contributed by atoms with Crippen molar-refractivity contribution in [2.75, 3.05) is 6.54 Å². The molecule has 1 aromatic heterocycles. The zero-order chi connectivity index (χ0) is 13.5. The molecule has 2 unspecified atom stereocenters. The maximum absolute atomic E-state index is 11.9. The molecule has 0 spiro atoms. The first-order valence-electron chi connectivity index (χ1n) is 7.17. The topological polar surface area (TPSA) is 68.0 Å². The van der Waals surface area contributed by atoms with Crippen molar-refractivity contribution in [3.63, 3.8) is 0 Å². The lowest BCUT2D eigenvalue weighted by atomic mass is 9.83. The third-order valence-electron chi connectivity index (χ3n) is 3.87. The summed E-state index contributed by atoms with van der Waals surface area (Å²) in [6, 6.07) is 4.15. The summed E-state index contributed by atoms with van der Waals surface area (Å²) in [5.74, 6) is 0.499. The van der Waals surface area contributed by atoms with E-state index in [0.29, 0.717) is 18.9 Å². The van der Waals surface area contributed by atoms with Gasteiger partial charge in [-0.2, -0.15) is 0 Å². The largest absolute Gasteiger partial charge is 0.356 e. The molecule has 1 saturated carbocycles. The first kappa shape index (κ1) is 14.0. The van der Waals surface area contributed by atoms with Crippen molar-refractivity contribution in [3.05, 3.63) is 30.1 Å². The lowest BCUT2D eigenvalue weighted by molar-refractivity contribution is -0.122. The fourth-order valence-corrected chi connectivity index (χ4v) is 2.69. The zero-order valence-electron chi connectivity index (χ0n) is 11.3. The van der Waals surface area contributed by atoms with E-state index < -0.39 is 0 Å². The average molecular weight is 261 g/mol. The molecule has 104 valence electrons. The number of hydrogen-bond donors (Lipinski definition) is 2. The van der Waals surface area contributed by atoms with E-state index in [1.165, 1.54) is 12.8 Å². The molecule has 1 aromatic rings. The van der Waals surface area contributed by atoms with E-state index in [0.717, 1.165) is 24.8 Å². The Labute approximate surface area is 114 Å². The Balaban J connectivity index is 1.67. The first-order valence-corrected chi connectivity index (χ1v) is 7.17. The Morgan fingerprint density at radius 2 is 2.26 bits per heavy atom. The summed E-state index contributed by atoms with van der Waals surface area (Å²) in [5, 5.41) is 2.98. The number of nitrogens with one attached hydrogen (secondary N) is 1. The molecule has 1 heterocycles. The van der Waals surface area contributed by atoms with Crippen LogP contribution in [0.3, 0.4) is 0 Å². The van der Waals surface area contributed by atoms with E-state index in [2.05, 4.69) is 10.3 Å². The number of nitrogens with zero attached hydrogens (tertiary/aromatic N) is 1. The minimum Gasteiger partial charge on any atom is -0.356 e. The van der Waals surface area contributed by atoms with Crippen LogP contribution in [-0.4, -0.2) is 23.5 Å². The van der Waals surface area contributed by atoms with Crippen LogP contribution in [0.15, 0.2) is 24.5 Å². The highest BCUT2D eigenvalue weighted by atomic mass is 16.1. The number of amides is 1. The molecule has 19 heavy (non-hydrogen) atoms. The molecule has 1 aliphatic carbocycles. The molecule has 4 heteroatoms. The second-order valence-electron chi connectivity index (χ2n) is 5.37. The average Bonchev–Trinajstić information content (AvgIpc) is 2.43. The third-order valence-corrected chi connectivity index (χ3v) is 3.87. The number of nitrogens with two attached hydrogens (primary N) is 1. The summed E-state index contributed by atoms with van der Waals surface area (Å²) < 4.78 is 0. The predicted molar refractivity (Wildman–Crippen MR) is 75.5 cm³/mol. The maximum Gasteiger partial charge on any atom is 0.220 e. The summed E-state index contributed by atoms with van der Waals surface area (Å²) in [6.45, 7) is 0.673. The van der Waals surface area contributed by atoms with Gasteiger partial charge in [-0.1, -0.05) is 18.9 Å². The van der Waals surface area contributed by atoms with Gasteiger partial charge in [0.1, 0.15) is 0 Å². The SMILES string of the molecule is NC1CCCCC1CC(=O)NCCc1cccnc1. The molecule has 0 aliphatic heterocycles. The third kappa shape index (κ3) is 4.63. The molecule has 0 aromatic carbocycles. The van der Waals surface area contributed by atoms with Gasteiger partial charge in [0.2, 0.25) is 5.91 Å². The van der Waals surface area contributed by atoms with Gasteiger partial charge in [-0.05, 0) is 36.8 Å². The molecule has 1 aliphatic rings. The van der Waals surface area contributed by atoms with Crippen LogP contribution in [0, 0.1) is 5.92 Å². The highest BCUT2D eigenvalue weighted by Gasteiger charge is 2.23. The van der Waals surface area contributed by atoms with E-state index in [1.807, 2.05) is 18.3 Å². The molecule has 0 bridgehead atoms. The molecule has 1 fully saturated rings. The number of aromatic nitrogens is 1. The van der Waals surface area contributed by atoms with Crippen LogP contribution in [0.1, 0.15) is 37.7 Å². The van der Waals surface area contributed by atoms with E-state index >= 15 is 0 Å². The molecule has 1 amide bonds. The number of pyridine rings is 1. The summed E-state index contributed by atoms with van der Waals surface area (Å²) in [4.78, 5) is 15.9. The van der Waals surface area contributed by atoms with Gasteiger partial charge < -0.3 is 11.1 Å². The van der Waals surface area contributed by atoms with Gasteiger partial charge in [-0.15, -0.1) is 0 Å². The van der Waals surface area contributed by atoms with E-state index in [-0.39, 0.29) is 11.9 Å². The summed E-state index contributed by atoms with van der Waals surface area (Å²) in [7, 11) is 0. The normalized spacial score (nSPS) is 23.0. The van der Waals surface area contributed by atoms with Crippen molar-refractivity contribution in [3.8, 4) is 0 Å². The van der Waals surface area contributed by atoms with Gasteiger partial charge in [0, 0.05) is 31.4 Å². The fraction of sp³-hybridized carbons (Fsp3) is 0.600. The molecule has 2 rings (SSSR count). The lowest BCUT2D eigenvalue weighted by Gasteiger charge is -2.27. The zero-order valence-corrected chi connectivity index (χ0v) is 11.3. The van der Waals surface area contributed by atoms with Gasteiger partial charge in [0.25, 0.3) is 0 Å². The van der Waals surface area contributed by atoms with Crippen LogP contribution in [0.2, 0.25) is 0 Å². The van der Waals surface area contributed by atoms with Crippen molar-refractivity contribution in [1.29, 1.82) is 0 Å². The van der Waals surface area contributed by atoms with Gasteiger partial charge in [0.15, 0.2) is 0 Å². The Morgan fingerprint density at radius 1 is 1.42 bits per heavy atom. The molecule has 0 radical (unpaired) electrons. The molecule has 2 atom stereocenters. The van der Waals surface area contributed by atoms with E-state index in [1.54, 1.807) is 6.20 Å². The van der Waals surface area contributed by atoms with Crippen LogP contribution in [0.4, 0.5) is 0 Å². The Morgan fingerprint density at radius 3 is 3.00 bits per heavy atom. The number of rotatable bonds is 5.